The maximum atomic E-state index is 11.8. The van der Waals surface area contributed by atoms with Crippen molar-refractivity contribution in [3.05, 3.63) is 0 Å². The maximum absolute atomic E-state index is 11.8. The van der Waals surface area contributed by atoms with E-state index in [1.54, 1.807) is 0 Å². The molecule has 92 valence electrons. The number of aliphatic hydroxyl groups excluding tert-OH is 1. The van der Waals surface area contributed by atoms with Crippen LogP contribution in [0.25, 0.3) is 0 Å². The van der Waals surface area contributed by atoms with Gasteiger partial charge in [0.05, 0.1) is 17.3 Å². The van der Waals surface area contributed by atoms with E-state index in [0.717, 1.165) is 0 Å². The van der Waals surface area contributed by atoms with E-state index in [2.05, 4.69) is 4.74 Å². The first-order valence-corrected chi connectivity index (χ1v) is 5.65. The molecule has 17 heavy (non-hydrogen) atoms. The fraction of sp³-hybridized carbons (Fsp3) is 0.727. The fourth-order valence-corrected chi connectivity index (χ4v) is 3.20. The molecule has 6 nitrogen and oxygen atoms in total. The molecule has 0 aromatic rings. The number of rotatable bonds is 0. The highest BCUT2D eigenvalue weighted by Gasteiger charge is 2.58. The highest BCUT2D eigenvalue weighted by molar-refractivity contribution is 5.93. The van der Waals surface area contributed by atoms with E-state index < -0.39 is 41.4 Å². The highest BCUT2D eigenvalue weighted by Crippen LogP contribution is 2.51. The first-order chi connectivity index (χ1) is 8.00. The Bertz CT molecular complexity index is 392. The summed E-state index contributed by atoms with van der Waals surface area (Å²) < 4.78 is 9.37. The monoisotopic (exact) mass is 240 g/mol. The third kappa shape index (κ3) is 1.47. The SMILES string of the molecule is O=C1OC(=O)C2CC1CC1(CC(O)OC1=O)C2. The van der Waals surface area contributed by atoms with E-state index in [1.165, 1.54) is 0 Å². The second kappa shape index (κ2) is 3.29. The van der Waals surface area contributed by atoms with E-state index in [-0.39, 0.29) is 6.42 Å². The molecule has 1 aliphatic carbocycles. The lowest BCUT2D eigenvalue weighted by Gasteiger charge is -2.40. The molecule has 2 bridgehead atoms. The number of hydrogen-bond acceptors (Lipinski definition) is 6. The number of fused-ring (bicyclic) bond motifs is 2. The highest BCUT2D eigenvalue weighted by atomic mass is 16.6. The molecule has 3 fully saturated rings. The van der Waals surface area contributed by atoms with E-state index in [0.29, 0.717) is 19.3 Å². The fourth-order valence-electron chi connectivity index (χ4n) is 3.20. The van der Waals surface area contributed by atoms with E-state index in [4.69, 9.17) is 4.74 Å². The molecule has 1 spiro atoms. The third-order valence-corrected chi connectivity index (χ3v) is 3.95. The van der Waals surface area contributed by atoms with Gasteiger partial charge in [-0.05, 0) is 19.3 Å². The quantitative estimate of drug-likeness (QED) is 0.463. The summed E-state index contributed by atoms with van der Waals surface area (Å²) >= 11 is 0. The molecule has 0 aromatic heterocycles. The Morgan fingerprint density at radius 3 is 2.12 bits per heavy atom. The molecule has 3 unspecified atom stereocenters. The van der Waals surface area contributed by atoms with Crippen LogP contribution in [0.4, 0.5) is 0 Å². The standard InChI is InChI=1S/C11H12O6/c12-7-4-11(10(15)16-7)2-5-1-6(3-11)9(14)17-8(5)13/h5-7,12H,1-4H2. The number of carbonyl (C=O) groups excluding carboxylic acids is 3. The van der Waals surface area contributed by atoms with Gasteiger partial charge in [0.15, 0.2) is 0 Å². The van der Waals surface area contributed by atoms with Crippen LogP contribution < -0.4 is 0 Å². The minimum Gasteiger partial charge on any atom is -0.436 e. The van der Waals surface area contributed by atoms with Gasteiger partial charge in [-0.3, -0.25) is 14.4 Å². The molecule has 0 aromatic carbocycles. The summed E-state index contributed by atoms with van der Waals surface area (Å²) in [5.41, 5.74) is -0.873. The molecule has 0 radical (unpaired) electrons. The number of ether oxygens (including phenoxy) is 2. The van der Waals surface area contributed by atoms with Crippen molar-refractivity contribution in [1.82, 2.24) is 0 Å². The minimum atomic E-state index is -1.12. The number of carbonyl (C=O) groups is 3. The maximum Gasteiger partial charge on any atom is 0.316 e. The lowest BCUT2D eigenvalue weighted by molar-refractivity contribution is -0.179. The number of hydrogen-bond donors (Lipinski definition) is 1. The molecule has 2 aliphatic heterocycles. The van der Waals surface area contributed by atoms with Gasteiger partial charge in [0.25, 0.3) is 0 Å². The summed E-state index contributed by atoms with van der Waals surface area (Å²) in [5, 5.41) is 9.37. The lowest BCUT2D eigenvalue weighted by atomic mass is 9.63. The summed E-state index contributed by atoms with van der Waals surface area (Å²) in [6, 6.07) is 0. The Morgan fingerprint density at radius 2 is 1.65 bits per heavy atom. The molecule has 1 saturated carbocycles. The van der Waals surface area contributed by atoms with Gasteiger partial charge in [-0.15, -0.1) is 0 Å². The van der Waals surface area contributed by atoms with Crippen LogP contribution in [0.5, 0.6) is 0 Å². The van der Waals surface area contributed by atoms with Gasteiger partial charge in [-0.2, -0.15) is 0 Å². The molecule has 3 atom stereocenters. The number of cyclic esters (lactones) is 3. The van der Waals surface area contributed by atoms with Crippen LogP contribution in [0.2, 0.25) is 0 Å². The Balaban J connectivity index is 1.92. The molecule has 0 amide bonds. The zero-order valence-electron chi connectivity index (χ0n) is 9.05. The van der Waals surface area contributed by atoms with Gasteiger partial charge in [0.2, 0.25) is 6.29 Å². The van der Waals surface area contributed by atoms with Gasteiger partial charge < -0.3 is 14.6 Å². The first-order valence-electron chi connectivity index (χ1n) is 5.65. The number of aliphatic hydroxyl groups is 1. The molecule has 6 heteroatoms. The Labute approximate surface area is 96.9 Å². The van der Waals surface area contributed by atoms with Crippen LogP contribution in [-0.2, 0) is 23.9 Å². The molecule has 3 rings (SSSR count). The van der Waals surface area contributed by atoms with E-state index >= 15 is 0 Å². The van der Waals surface area contributed by atoms with Gasteiger partial charge in [0, 0.05) is 6.42 Å². The van der Waals surface area contributed by atoms with Crippen molar-refractivity contribution >= 4 is 17.9 Å². The van der Waals surface area contributed by atoms with Crippen molar-refractivity contribution < 1.29 is 29.0 Å². The number of esters is 3. The summed E-state index contributed by atoms with van der Waals surface area (Å²) in [6.45, 7) is 0. The second-order valence-electron chi connectivity index (χ2n) is 5.12. The Hall–Kier alpha value is -1.43. The average Bonchev–Trinajstić information content (AvgIpc) is 2.51. The molecule has 2 heterocycles. The predicted molar refractivity (Wildman–Crippen MR) is 51.1 cm³/mol. The van der Waals surface area contributed by atoms with Crippen molar-refractivity contribution in [2.45, 2.75) is 32.0 Å². The summed E-state index contributed by atoms with van der Waals surface area (Å²) in [7, 11) is 0. The van der Waals surface area contributed by atoms with Crippen LogP contribution in [0.3, 0.4) is 0 Å². The van der Waals surface area contributed by atoms with Crippen LogP contribution in [-0.4, -0.2) is 29.3 Å². The summed E-state index contributed by atoms with van der Waals surface area (Å²) in [5.74, 6) is -2.46. The van der Waals surface area contributed by atoms with E-state index in [1.807, 2.05) is 0 Å². The minimum absolute atomic E-state index is 0.166. The Morgan fingerprint density at radius 1 is 1.06 bits per heavy atom. The van der Waals surface area contributed by atoms with Crippen LogP contribution in [0.1, 0.15) is 25.7 Å². The summed E-state index contributed by atoms with van der Waals surface area (Å²) in [4.78, 5) is 34.7. The van der Waals surface area contributed by atoms with Crippen molar-refractivity contribution in [3.8, 4) is 0 Å². The van der Waals surface area contributed by atoms with Crippen molar-refractivity contribution in [3.63, 3.8) is 0 Å². The van der Waals surface area contributed by atoms with Crippen molar-refractivity contribution in [1.29, 1.82) is 0 Å². The zero-order valence-corrected chi connectivity index (χ0v) is 9.05. The summed E-state index contributed by atoms with van der Waals surface area (Å²) in [6.07, 6.45) is 0.117. The predicted octanol–water partition coefficient (Wildman–Crippen LogP) is -0.262. The third-order valence-electron chi connectivity index (χ3n) is 3.95. The zero-order chi connectivity index (χ0) is 12.2. The van der Waals surface area contributed by atoms with Gasteiger partial charge in [0.1, 0.15) is 0 Å². The van der Waals surface area contributed by atoms with E-state index in [9.17, 15) is 19.5 Å². The lowest BCUT2D eigenvalue weighted by Crippen LogP contribution is -2.47. The molecular weight excluding hydrogens is 228 g/mol. The molecule has 3 aliphatic rings. The van der Waals surface area contributed by atoms with Crippen LogP contribution >= 0.6 is 0 Å². The normalized spacial score (nSPS) is 44.8. The van der Waals surface area contributed by atoms with Crippen molar-refractivity contribution in [2.75, 3.05) is 0 Å². The molecule has 1 N–H and O–H groups in total. The smallest absolute Gasteiger partial charge is 0.316 e. The molecule has 2 saturated heterocycles. The van der Waals surface area contributed by atoms with Gasteiger partial charge in [-0.25, -0.2) is 0 Å². The average molecular weight is 240 g/mol. The second-order valence-corrected chi connectivity index (χ2v) is 5.12. The van der Waals surface area contributed by atoms with Gasteiger partial charge >= 0.3 is 17.9 Å². The first kappa shape index (κ1) is 10.7. The topological polar surface area (TPSA) is 89.9 Å². The van der Waals surface area contributed by atoms with Crippen molar-refractivity contribution in [2.24, 2.45) is 17.3 Å². The molecular formula is C11H12O6. The Kier molecular flexibility index (Phi) is 2.07. The van der Waals surface area contributed by atoms with Crippen LogP contribution in [0.15, 0.2) is 0 Å². The largest absolute Gasteiger partial charge is 0.436 e. The van der Waals surface area contributed by atoms with Crippen LogP contribution in [0, 0.1) is 17.3 Å². The van der Waals surface area contributed by atoms with Gasteiger partial charge in [-0.1, -0.05) is 0 Å².